The highest BCUT2D eigenvalue weighted by molar-refractivity contribution is 6.01. The van der Waals surface area contributed by atoms with Gasteiger partial charge in [-0.25, -0.2) is 4.79 Å². The van der Waals surface area contributed by atoms with Crippen molar-refractivity contribution < 1.29 is 9.59 Å². The molecule has 25 heavy (non-hydrogen) atoms. The summed E-state index contributed by atoms with van der Waals surface area (Å²) < 4.78 is 1.56. The molecule has 0 fully saturated rings. The van der Waals surface area contributed by atoms with E-state index in [9.17, 15) is 9.59 Å². The van der Waals surface area contributed by atoms with Gasteiger partial charge in [0.1, 0.15) is 6.54 Å². The van der Waals surface area contributed by atoms with Gasteiger partial charge in [-0.1, -0.05) is 18.2 Å². The molecule has 0 aliphatic heterocycles. The minimum Gasteiger partial charge on any atom is -0.397 e. The van der Waals surface area contributed by atoms with Gasteiger partial charge in [-0.3, -0.25) is 14.7 Å². The number of hydrogen-bond acceptors (Lipinski definition) is 5. The predicted molar refractivity (Wildman–Crippen MR) is 94.4 cm³/mol. The van der Waals surface area contributed by atoms with Crippen molar-refractivity contribution in [3.63, 3.8) is 0 Å². The van der Waals surface area contributed by atoms with Gasteiger partial charge < -0.3 is 10.6 Å². The van der Waals surface area contributed by atoms with E-state index in [-0.39, 0.29) is 24.3 Å². The summed E-state index contributed by atoms with van der Waals surface area (Å²) in [6.45, 7) is 1.73. The SMILES string of the molecule is Cc1c(N)c2ccccc2n1C(=O)Cn1ncc(NC(=O)N(C)C)n1. The molecule has 0 aliphatic rings. The molecule has 2 heterocycles. The highest BCUT2D eigenvalue weighted by Crippen LogP contribution is 2.27. The van der Waals surface area contributed by atoms with Gasteiger partial charge in [0, 0.05) is 25.2 Å². The van der Waals surface area contributed by atoms with Crippen LogP contribution in [0.15, 0.2) is 30.5 Å². The molecule has 1 aromatic carbocycles. The van der Waals surface area contributed by atoms with Crippen LogP contribution in [0.1, 0.15) is 10.5 Å². The Morgan fingerprint density at radius 2 is 2.00 bits per heavy atom. The van der Waals surface area contributed by atoms with Crippen LogP contribution in [-0.4, -0.2) is 50.5 Å². The van der Waals surface area contributed by atoms with Crippen molar-refractivity contribution in [1.29, 1.82) is 0 Å². The molecule has 0 radical (unpaired) electrons. The Hall–Kier alpha value is -3.36. The highest BCUT2D eigenvalue weighted by atomic mass is 16.2. The molecule has 2 aromatic heterocycles. The van der Waals surface area contributed by atoms with Gasteiger partial charge in [0.25, 0.3) is 5.91 Å². The Morgan fingerprint density at radius 1 is 1.28 bits per heavy atom. The fourth-order valence-electron chi connectivity index (χ4n) is 2.56. The van der Waals surface area contributed by atoms with E-state index < -0.39 is 0 Å². The van der Waals surface area contributed by atoms with Gasteiger partial charge in [0.05, 0.1) is 17.4 Å². The molecule has 0 bridgehead atoms. The standard InChI is InChI=1S/C16H19N7O2/c1-10-15(17)11-6-4-5-7-12(11)23(10)14(24)9-22-18-8-13(20-22)19-16(25)21(2)3/h4-8H,9,17H2,1-3H3,(H,19,20,25). The number of para-hydroxylation sites is 1. The van der Waals surface area contributed by atoms with Crippen LogP contribution in [0.25, 0.3) is 10.9 Å². The number of nitrogens with one attached hydrogen (secondary N) is 1. The summed E-state index contributed by atoms with van der Waals surface area (Å²) in [4.78, 5) is 26.9. The van der Waals surface area contributed by atoms with Crippen molar-refractivity contribution in [1.82, 2.24) is 24.5 Å². The van der Waals surface area contributed by atoms with Crippen LogP contribution in [0, 0.1) is 6.92 Å². The fourth-order valence-corrected chi connectivity index (χ4v) is 2.56. The van der Waals surface area contributed by atoms with Gasteiger partial charge in [-0.2, -0.15) is 9.90 Å². The van der Waals surface area contributed by atoms with Crippen LogP contribution in [0.4, 0.5) is 16.3 Å². The van der Waals surface area contributed by atoms with Crippen LogP contribution >= 0.6 is 0 Å². The number of aromatic nitrogens is 4. The number of nitrogen functional groups attached to an aromatic ring is 1. The molecule has 2 amide bonds. The van der Waals surface area contributed by atoms with Gasteiger partial charge in [-0.05, 0) is 13.0 Å². The van der Waals surface area contributed by atoms with Crippen molar-refractivity contribution in [2.24, 2.45) is 0 Å². The van der Waals surface area contributed by atoms with E-state index in [1.807, 2.05) is 24.3 Å². The lowest BCUT2D eigenvalue weighted by Crippen LogP contribution is -2.27. The number of nitrogens with two attached hydrogens (primary N) is 1. The number of carbonyl (C=O) groups is 2. The Labute approximate surface area is 144 Å². The molecule has 3 N–H and O–H groups in total. The second-order valence-corrected chi connectivity index (χ2v) is 5.83. The second kappa shape index (κ2) is 6.27. The maximum absolute atomic E-state index is 12.7. The van der Waals surface area contributed by atoms with Gasteiger partial charge in [-0.15, -0.1) is 5.10 Å². The number of fused-ring (bicyclic) bond motifs is 1. The minimum atomic E-state index is -0.321. The first-order valence-corrected chi connectivity index (χ1v) is 7.65. The van der Waals surface area contributed by atoms with Crippen molar-refractivity contribution in [2.45, 2.75) is 13.5 Å². The normalized spacial score (nSPS) is 10.8. The number of carbonyl (C=O) groups excluding carboxylic acids is 2. The monoisotopic (exact) mass is 341 g/mol. The molecular formula is C16H19N7O2. The summed E-state index contributed by atoms with van der Waals surface area (Å²) in [5.41, 5.74) is 8.10. The van der Waals surface area contributed by atoms with E-state index in [4.69, 9.17) is 5.73 Å². The van der Waals surface area contributed by atoms with Crippen molar-refractivity contribution in [3.05, 3.63) is 36.2 Å². The summed E-state index contributed by atoms with van der Waals surface area (Å²) in [6, 6.07) is 7.13. The Kier molecular flexibility index (Phi) is 4.14. The number of nitrogens with zero attached hydrogens (tertiary/aromatic N) is 5. The van der Waals surface area contributed by atoms with E-state index in [0.717, 1.165) is 10.9 Å². The Bertz CT molecular complexity index is 955. The number of amides is 2. The molecule has 3 rings (SSSR count). The summed E-state index contributed by atoms with van der Waals surface area (Å²) in [6.07, 6.45) is 1.39. The first kappa shape index (κ1) is 16.5. The topological polar surface area (TPSA) is 111 Å². The highest BCUT2D eigenvalue weighted by Gasteiger charge is 2.18. The second-order valence-electron chi connectivity index (χ2n) is 5.83. The first-order valence-electron chi connectivity index (χ1n) is 7.65. The van der Waals surface area contributed by atoms with Crippen molar-refractivity contribution in [2.75, 3.05) is 25.1 Å². The number of anilines is 2. The zero-order valence-electron chi connectivity index (χ0n) is 14.2. The maximum Gasteiger partial charge on any atom is 0.322 e. The Balaban J connectivity index is 1.83. The fraction of sp³-hybridized carbons (Fsp3) is 0.250. The largest absolute Gasteiger partial charge is 0.397 e. The number of benzene rings is 1. The molecule has 130 valence electrons. The molecule has 9 nitrogen and oxygen atoms in total. The summed E-state index contributed by atoms with van der Waals surface area (Å²) in [7, 11) is 3.24. The molecule has 0 aliphatic carbocycles. The first-order chi connectivity index (χ1) is 11.9. The smallest absolute Gasteiger partial charge is 0.322 e. The lowest BCUT2D eigenvalue weighted by atomic mass is 10.2. The third-order valence-electron chi connectivity index (χ3n) is 3.86. The van der Waals surface area contributed by atoms with Crippen molar-refractivity contribution in [3.8, 4) is 0 Å². The number of urea groups is 1. The molecule has 0 saturated heterocycles. The number of rotatable bonds is 3. The van der Waals surface area contributed by atoms with E-state index >= 15 is 0 Å². The lowest BCUT2D eigenvalue weighted by Gasteiger charge is -2.09. The van der Waals surface area contributed by atoms with Gasteiger partial charge in [0.2, 0.25) is 0 Å². The average Bonchev–Trinajstić information content (AvgIpc) is 3.11. The van der Waals surface area contributed by atoms with Gasteiger partial charge >= 0.3 is 6.03 Å². The van der Waals surface area contributed by atoms with E-state index in [1.165, 1.54) is 15.9 Å². The van der Waals surface area contributed by atoms with Crippen LogP contribution < -0.4 is 11.1 Å². The third kappa shape index (κ3) is 3.03. The molecule has 0 spiro atoms. The maximum atomic E-state index is 12.7. The van der Waals surface area contributed by atoms with Crippen molar-refractivity contribution >= 4 is 34.3 Å². The summed E-state index contributed by atoms with van der Waals surface area (Å²) in [5, 5.41) is 11.5. The summed E-state index contributed by atoms with van der Waals surface area (Å²) in [5.74, 6) is 0.0617. The predicted octanol–water partition coefficient (Wildman–Crippen LogP) is 1.56. The molecule has 0 saturated carbocycles. The van der Waals surface area contributed by atoms with E-state index in [2.05, 4.69) is 15.5 Å². The van der Waals surface area contributed by atoms with Crippen LogP contribution in [0.3, 0.4) is 0 Å². The average molecular weight is 341 g/mol. The van der Waals surface area contributed by atoms with E-state index in [0.29, 0.717) is 11.4 Å². The lowest BCUT2D eigenvalue weighted by molar-refractivity contribution is 0.0884. The molecule has 0 unspecified atom stereocenters. The number of hydrogen-bond donors (Lipinski definition) is 2. The molecule has 3 aromatic rings. The van der Waals surface area contributed by atoms with E-state index in [1.54, 1.807) is 25.6 Å². The Morgan fingerprint density at radius 3 is 2.72 bits per heavy atom. The van der Waals surface area contributed by atoms with Gasteiger partial charge in [0.15, 0.2) is 5.82 Å². The summed E-state index contributed by atoms with van der Waals surface area (Å²) >= 11 is 0. The van der Waals surface area contributed by atoms with Crippen LogP contribution in [0.2, 0.25) is 0 Å². The van der Waals surface area contributed by atoms with Crippen LogP contribution in [-0.2, 0) is 6.54 Å². The minimum absolute atomic E-state index is 0.0726. The molecular weight excluding hydrogens is 322 g/mol. The zero-order valence-corrected chi connectivity index (χ0v) is 14.2. The molecule has 0 atom stereocenters. The zero-order chi connectivity index (χ0) is 18.1. The van der Waals surface area contributed by atoms with Crippen LogP contribution in [0.5, 0.6) is 0 Å². The molecule has 9 heteroatoms. The quantitative estimate of drug-likeness (QED) is 0.751. The third-order valence-corrected chi connectivity index (χ3v) is 3.86.